The van der Waals surface area contributed by atoms with Crippen LogP contribution in [0.15, 0.2) is 35.1 Å². The maximum Gasteiger partial charge on any atom is 0.354 e. The van der Waals surface area contributed by atoms with Gasteiger partial charge in [0.25, 0.3) is 0 Å². The van der Waals surface area contributed by atoms with E-state index in [1.165, 1.54) is 12.1 Å². The number of carboxylic acids is 1. The molecule has 4 fully saturated rings. The van der Waals surface area contributed by atoms with Crippen LogP contribution < -0.4 is 9.47 Å². The summed E-state index contributed by atoms with van der Waals surface area (Å²) in [6.45, 7) is 2.85. The number of carboxylic acid groups (broad SMARTS) is 1. The lowest BCUT2D eigenvalue weighted by molar-refractivity contribution is -0.150. The molecule has 0 radical (unpaired) electrons. The second-order valence-electron chi connectivity index (χ2n) is 12.4. The van der Waals surface area contributed by atoms with E-state index in [9.17, 15) is 9.90 Å². The zero-order valence-corrected chi connectivity index (χ0v) is 26.2. The molecule has 4 aliphatic carbocycles. The van der Waals surface area contributed by atoms with Crippen molar-refractivity contribution in [3.05, 3.63) is 63.5 Å². The highest BCUT2D eigenvalue weighted by Gasteiger charge is 2.50. The van der Waals surface area contributed by atoms with Gasteiger partial charge in [-0.15, -0.1) is 0 Å². The van der Waals surface area contributed by atoms with Crippen molar-refractivity contribution in [2.24, 2.45) is 5.41 Å². The van der Waals surface area contributed by atoms with Crippen LogP contribution in [-0.2, 0) is 11.3 Å². The molecule has 2 bridgehead atoms. The lowest BCUT2D eigenvalue weighted by atomic mass is 9.59. The molecule has 0 amide bonds. The number of pyridine rings is 2. The van der Waals surface area contributed by atoms with Crippen LogP contribution >= 0.6 is 23.2 Å². The first-order valence-electron chi connectivity index (χ1n) is 15.2. The zero-order valence-electron chi connectivity index (χ0n) is 24.7. The fourth-order valence-electron chi connectivity index (χ4n) is 6.77. The molecule has 4 aromatic rings. The Labute approximate surface area is 269 Å². The van der Waals surface area contributed by atoms with Gasteiger partial charge in [0.1, 0.15) is 17.2 Å². The van der Waals surface area contributed by atoms with Crippen LogP contribution in [0.4, 0.5) is 4.39 Å². The number of benzene rings is 1. The molecule has 236 valence electrons. The molecule has 0 atom stereocenters. The van der Waals surface area contributed by atoms with Crippen LogP contribution in [0.25, 0.3) is 22.2 Å². The van der Waals surface area contributed by atoms with Gasteiger partial charge in [0.15, 0.2) is 17.3 Å². The van der Waals surface area contributed by atoms with E-state index in [1.807, 2.05) is 0 Å². The Hall–Kier alpha value is -3.47. The van der Waals surface area contributed by atoms with Gasteiger partial charge in [0.05, 0.1) is 41.0 Å². The summed E-state index contributed by atoms with van der Waals surface area (Å²) in [5.74, 6) is -0.193. The maximum absolute atomic E-state index is 15.2. The fourth-order valence-corrected chi connectivity index (χ4v) is 7.32. The van der Waals surface area contributed by atoms with Crippen LogP contribution in [0.5, 0.6) is 11.5 Å². The minimum Gasteiger partial charge on any atom is -0.493 e. The molecule has 0 aliphatic heterocycles. The van der Waals surface area contributed by atoms with Crippen molar-refractivity contribution in [3.8, 4) is 22.8 Å². The molecule has 4 saturated carbocycles. The summed E-state index contributed by atoms with van der Waals surface area (Å²) in [5, 5.41) is 15.1. The topological polar surface area (TPSA) is 117 Å². The SMILES string of the molecule is CCOc1cc(C(=O)O)nc2cc(F)c(OCC34CCC(OCc5c(-c6c(Cl)cncc6Cl)noc5C5CC5)(CC3)CC4)cc12. The van der Waals surface area contributed by atoms with E-state index in [2.05, 4.69) is 15.1 Å². The summed E-state index contributed by atoms with van der Waals surface area (Å²) >= 11 is 13.0. The zero-order chi connectivity index (χ0) is 31.3. The molecule has 8 rings (SSSR count). The van der Waals surface area contributed by atoms with Gasteiger partial charge in [-0.2, -0.15) is 0 Å². The Morgan fingerprint density at radius 3 is 2.40 bits per heavy atom. The van der Waals surface area contributed by atoms with Crippen molar-refractivity contribution in [1.29, 1.82) is 0 Å². The molecular weight excluding hydrogens is 624 g/mol. The third-order valence-corrected chi connectivity index (χ3v) is 10.2. The number of nitrogens with zero attached hydrogens (tertiary/aromatic N) is 3. The van der Waals surface area contributed by atoms with Crippen molar-refractivity contribution < 1.29 is 33.0 Å². The van der Waals surface area contributed by atoms with Crippen LogP contribution in [0.3, 0.4) is 0 Å². The summed E-state index contributed by atoms with van der Waals surface area (Å²) in [5.41, 5.74) is 1.76. The van der Waals surface area contributed by atoms with E-state index in [4.69, 9.17) is 41.9 Å². The number of halogens is 3. The van der Waals surface area contributed by atoms with Gasteiger partial charge >= 0.3 is 5.97 Å². The molecule has 3 aromatic heterocycles. The van der Waals surface area contributed by atoms with Gasteiger partial charge in [-0.3, -0.25) is 4.98 Å². The molecule has 0 unspecified atom stereocenters. The normalized spacial score (nSPS) is 22.6. The predicted molar refractivity (Wildman–Crippen MR) is 165 cm³/mol. The monoisotopic (exact) mass is 655 g/mol. The first-order chi connectivity index (χ1) is 21.7. The van der Waals surface area contributed by atoms with Crippen LogP contribution in [0, 0.1) is 11.2 Å². The number of ether oxygens (including phenoxy) is 3. The number of aromatic carboxylic acids is 1. The molecular formula is C33H32Cl2FN3O6. The number of hydrogen-bond donors (Lipinski definition) is 1. The Bertz CT molecular complexity index is 1750. The quantitative estimate of drug-likeness (QED) is 0.170. The van der Waals surface area contributed by atoms with E-state index in [0.717, 1.165) is 62.7 Å². The van der Waals surface area contributed by atoms with Crippen LogP contribution in [0.2, 0.25) is 10.0 Å². The maximum atomic E-state index is 15.2. The first kappa shape index (κ1) is 30.2. The number of rotatable bonds is 11. The van der Waals surface area contributed by atoms with Crippen LogP contribution in [0.1, 0.15) is 86.0 Å². The van der Waals surface area contributed by atoms with Crippen molar-refractivity contribution in [2.45, 2.75) is 76.4 Å². The average molecular weight is 657 g/mol. The summed E-state index contributed by atoms with van der Waals surface area (Å²) in [6, 6.07) is 4.12. The van der Waals surface area contributed by atoms with E-state index in [0.29, 0.717) is 58.2 Å². The predicted octanol–water partition coefficient (Wildman–Crippen LogP) is 8.39. The van der Waals surface area contributed by atoms with Gasteiger partial charge in [-0.25, -0.2) is 14.2 Å². The largest absolute Gasteiger partial charge is 0.493 e. The lowest BCUT2D eigenvalue weighted by Crippen LogP contribution is -2.49. The Kier molecular flexibility index (Phi) is 7.86. The van der Waals surface area contributed by atoms with Crippen molar-refractivity contribution in [3.63, 3.8) is 0 Å². The molecule has 12 heteroatoms. The van der Waals surface area contributed by atoms with Crippen LogP contribution in [-0.4, -0.2) is 45.0 Å². The van der Waals surface area contributed by atoms with E-state index in [1.54, 1.807) is 25.4 Å². The molecule has 0 spiro atoms. The number of hydrogen-bond acceptors (Lipinski definition) is 8. The first-order valence-corrected chi connectivity index (χ1v) is 16.0. The molecule has 4 aliphatic rings. The second-order valence-corrected chi connectivity index (χ2v) is 13.2. The van der Waals surface area contributed by atoms with Crippen molar-refractivity contribution in [1.82, 2.24) is 15.1 Å². The third kappa shape index (κ3) is 5.72. The van der Waals surface area contributed by atoms with Gasteiger partial charge in [-0.1, -0.05) is 28.4 Å². The number of carbonyl (C=O) groups is 1. The molecule has 3 heterocycles. The van der Waals surface area contributed by atoms with E-state index < -0.39 is 11.8 Å². The van der Waals surface area contributed by atoms with Gasteiger partial charge in [-0.05, 0) is 64.4 Å². The molecule has 9 nitrogen and oxygen atoms in total. The lowest BCUT2D eigenvalue weighted by Gasteiger charge is -2.52. The molecule has 0 saturated heterocycles. The van der Waals surface area contributed by atoms with E-state index >= 15 is 4.39 Å². The van der Waals surface area contributed by atoms with Crippen molar-refractivity contribution in [2.75, 3.05) is 13.2 Å². The molecule has 1 aromatic carbocycles. The number of aromatic nitrogens is 3. The van der Waals surface area contributed by atoms with Gasteiger partial charge in [0, 0.05) is 52.4 Å². The summed E-state index contributed by atoms with van der Waals surface area (Å²) in [7, 11) is 0. The van der Waals surface area contributed by atoms with Gasteiger partial charge < -0.3 is 23.8 Å². The summed E-state index contributed by atoms with van der Waals surface area (Å²) in [6.07, 6.45) is 10.5. The number of fused-ring (bicyclic) bond motifs is 4. The Balaban J connectivity index is 1.05. The average Bonchev–Trinajstić information content (AvgIpc) is 3.79. The summed E-state index contributed by atoms with van der Waals surface area (Å²) < 4.78 is 39.5. The molecule has 1 N–H and O–H groups in total. The molecule has 45 heavy (non-hydrogen) atoms. The minimum atomic E-state index is -1.21. The van der Waals surface area contributed by atoms with E-state index in [-0.39, 0.29) is 28.0 Å². The smallest absolute Gasteiger partial charge is 0.354 e. The second kappa shape index (κ2) is 11.7. The highest BCUT2D eigenvalue weighted by molar-refractivity contribution is 6.38. The van der Waals surface area contributed by atoms with Crippen molar-refractivity contribution >= 4 is 40.1 Å². The van der Waals surface area contributed by atoms with Gasteiger partial charge in [0.2, 0.25) is 0 Å². The third-order valence-electron chi connectivity index (χ3n) is 9.59. The highest BCUT2D eigenvalue weighted by Crippen LogP contribution is 2.55. The standard InChI is InChI=1S/C33H32Cl2FN3O6/c1-2-42-26-13-25(31(40)41)38-24-12-23(36)27(11-19(24)26)43-17-32-5-8-33(9-6-32,10-7-32)44-16-20-29(39-45-30(20)18-3-4-18)28-21(34)14-37-15-22(28)35/h11-15,18H,2-10,16-17H2,1H3,(H,40,41). The Morgan fingerprint density at radius 1 is 1.04 bits per heavy atom. The summed E-state index contributed by atoms with van der Waals surface area (Å²) in [4.78, 5) is 19.7. The Morgan fingerprint density at radius 2 is 1.76 bits per heavy atom. The minimum absolute atomic E-state index is 0.0830. The fraction of sp³-hybridized carbons (Fsp3) is 0.455. The highest BCUT2D eigenvalue weighted by atomic mass is 35.5.